The average molecular weight is 354 g/mol. The number of hydrogen-bond acceptors (Lipinski definition) is 5. The Bertz CT molecular complexity index is 847. The highest BCUT2D eigenvalue weighted by Crippen LogP contribution is 2.37. The summed E-state index contributed by atoms with van der Waals surface area (Å²) in [7, 11) is 1.49. The van der Waals surface area contributed by atoms with Crippen LogP contribution >= 0.6 is 11.8 Å². The second kappa shape index (κ2) is 7.44. The summed E-state index contributed by atoms with van der Waals surface area (Å²) in [5.41, 5.74) is 1.33. The second-order valence-corrected chi connectivity index (χ2v) is 6.30. The zero-order chi connectivity index (χ0) is 17.8. The zero-order valence-corrected chi connectivity index (χ0v) is 14.8. The summed E-state index contributed by atoms with van der Waals surface area (Å²) in [6, 6.07) is 14.7. The Morgan fingerprint density at radius 2 is 1.96 bits per heavy atom. The van der Waals surface area contributed by atoms with E-state index in [0.717, 1.165) is 5.69 Å². The molecule has 0 atom stereocenters. The maximum atomic E-state index is 12.7. The van der Waals surface area contributed by atoms with Crippen LogP contribution in [0, 0.1) is 0 Å². The number of para-hydroxylation sites is 2. The number of carbonyl (C=O) groups excluding carboxylic acids is 1. The third kappa shape index (κ3) is 3.53. The van der Waals surface area contributed by atoms with E-state index in [2.05, 4.69) is 4.99 Å². The van der Waals surface area contributed by atoms with Gasteiger partial charge in [0.15, 0.2) is 16.7 Å². The Morgan fingerprint density at radius 3 is 2.64 bits per heavy atom. The molecule has 2 aromatic rings. The summed E-state index contributed by atoms with van der Waals surface area (Å²) in [5.74, 6) is 0.266. The first kappa shape index (κ1) is 17.1. The molecule has 25 heavy (non-hydrogen) atoms. The van der Waals surface area contributed by atoms with Gasteiger partial charge in [-0.05, 0) is 43.0 Å². The quantitative estimate of drug-likeness (QED) is 0.842. The summed E-state index contributed by atoms with van der Waals surface area (Å²) >= 11 is 1.30. The minimum absolute atomic E-state index is 0.0161. The van der Waals surface area contributed by atoms with Crippen LogP contribution in [-0.4, -0.2) is 34.7 Å². The summed E-state index contributed by atoms with van der Waals surface area (Å²) in [6.07, 6.45) is 1.67. The predicted molar refractivity (Wildman–Crippen MR) is 101 cm³/mol. The molecular formula is C19H18N2O3S. The Balaban J connectivity index is 1.96. The Labute approximate surface area is 150 Å². The number of hydrogen-bond donors (Lipinski definition) is 1. The van der Waals surface area contributed by atoms with Gasteiger partial charge in [-0.1, -0.05) is 30.3 Å². The zero-order valence-electron chi connectivity index (χ0n) is 14.0. The highest BCUT2D eigenvalue weighted by molar-refractivity contribution is 8.18. The molecule has 1 N–H and O–H groups in total. The lowest BCUT2D eigenvalue weighted by atomic mass is 10.1. The molecule has 128 valence electrons. The van der Waals surface area contributed by atoms with Gasteiger partial charge in [0.2, 0.25) is 0 Å². The van der Waals surface area contributed by atoms with E-state index in [0.29, 0.717) is 27.9 Å². The number of ether oxygens (including phenoxy) is 1. The fraction of sp³-hybridized carbons (Fsp3) is 0.158. The van der Waals surface area contributed by atoms with E-state index in [1.807, 2.05) is 37.3 Å². The molecular weight excluding hydrogens is 336 g/mol. The third-order valence-corrected chi connectivity index (χ3v) is 4.73. The van der Waals surface area contributed by atoms with E-state index in [1.165, 1.54) is 18.9 Å². The van der Waals surface area contributed by atoms with Crippen molar-refractivity contribution in [3.8, 4) is 11.5 Å². The van der Waals surface area contributed by atoms with Crippen LogP contribution in [0.3, 0.4) is 0 Å². The molecule has 0 aromatic heterocycles. The van der Waals surface area contributed by atoms with E-state index in [9.17, 15) is 9.90 Å². The molecule has 1 heterocycles. The van der Waals surface area contributed by atoms with Crippen LogP contribution in [0.15, 0.2) is 58.4 Å². The van der Waals surface area contributed by atoms with Crippen molar-refractivity contribution in [3.63, 3.8) is 0 Å². The number of aromatic hydroxyl groups is 1. The fourth-order valence-corrected chi connectivity index (χ4v) is 3.50. The van der Waals surface area contributed by atoms with Crippen molar-refractivity contribution in [2.75, 3.05) is 13.7 Å². The molecule has 1 saturated heterocycles. The Morgan fingerprint density at radius 1 is 1.20 bits per heavy atom. The minimum Gasteiger partial charge on any atom is -0.504 e. The van der Waals surface area contributed by atoms with E-state index in [1.54, 1.807) is 29.2 Å². The molecule has 6 heteroatoms. The molecule has 0 radical (unpaired) electrons. The summed E-state index contributed by atoms with van der Waals surface area (Å²) in [4.78, 5) is 19.4. The van der Waals surface area contributed by atoms with Crippen molar-refractivity contribution < 1.29 is 14.6 Å². The number of amidine groups is 1. The van der Waals surface area contributed by atoms with Crippen molar-refractivity contribution in [1.29, 1.82) is 0 Å². The number of likely N-dealkylation sites (N-methyl/N-ethyl adjacent to an activating group) is 1. The van der Waals surface area contributed by atoms with Crippen molar-refractivity contribution in [2.24, 2.45) is 4.99 Å². The van der Waals surface area contributed by atoms with Gasteiger partial charge in [0.1, 0.15) is 0 Å². The van der Waals surface area contributed by atoms with Gasteiger partial charge in [-0.3, -0.25) is 9.69 Å². The summed E-state index contributed by atoms with van der Waals surface area (Å²) in [6.45, 7) is 2.43. The van der Waals surface area contributed by atoms with Gasteiger partial charge in [0.05, 0.1) is 17.7 Å². The SMILES string of the molecule is CCN1C(=O)C(=Cc2cccc(OC)c2O)SC1=Nc1ccccc1. The number of methoxy groups -OCH3 is 1. The smallest absolute Gasteiger partial charge is 0.266 e. The van der Waals surface area contributed by atoms with Gasteiger partial charge in [-0.2, -0.15) is 0 Å². The highest BCUT2D eigenvalue weighted by Gasteiger charge is 2.32. The average Bonchev–Trinajstić information content (AvgIpc) is 2.92. The van der Waals surface area contributed by atoms with Gasteiger partial charge in [-0.15, -0.1) is 0 Å². The molecule has 0 unspecified atom stereocenters. The van der Waals surface area contributed by atoms with Crippen molar-refractivity contribution in [3.05, 3.63) is 59.0 Å². The minimum atomic E-state index is -0.121. The van der Waals surface area contributed by atoms with E-state index >= 15 is 0 Å². The maximum absolute atomic E-state index is 12.7. The van der Waals surface area contributed by atoms with Crippen LogP contribution in [0.25, 0.3) is 6.08 Å². The van der Waals surface area contributed by atoms with Gasteiger partial charge < -0.3 is 9.84 Å². The van der Waals surface area contributed by atoms with E-state index in [-0.39, 0.29) is 11.7 Å². The number of thioether (sulfide) groups is 1. The van der Waals surface area contributed by atoms with Crippen LogP contribution in [0.2, 0.25) is 0 Å². The monoisotopic (exact) mass is 354 g/mol. The normalized spacial score (nSPS) is 17.5. The molecule has 1 fully saturated rings. The molecule has 0 aliphatic carbocycles. The predicted octanol–water partition coefficient (Wildman–Crippen LogP) is 4.02. The number of amides is 1. The first-order valence-electron chi connectivity index (χ1n) is 7.85. The van der Waals surface area contributed by atoms with Crippen LogP contribution in [0.1, 0.15) is 12.5 Å². The molecule has 0 spiro atoms. The number of aliphatic imine (C=N–C) groups is 1. The first-order valence-corrected chi connectivity index (χ1v) is 8.66. The van der Waals surface area contributed by atoms with Crippen molar-refractivity contribution >= 4 is 34.6 Å². The van der Waals surface area contributed by atoms with Crippen LogP contribution in [-0.2, 0) is 4.79 Å². The Kier molecular flexibility index (Phi) is 5.09. The lowest BCUT2D eigenvalue weighted by molar-refractivity contribution is -0.122. The number of benzene rings is 2. The molecule has 1 aliphatic rings. The molecule has 5 nitrogen and oxygen atoms in total. The maximum Gasteiger partial charge on any atom is 0.266 e. The Hall–Kier alpha value is -2.73. The fourth-order valence-electron chi connectivity index (χ4n) is 2.44. The largest absolute Gasteiger partial charge is 0.504 e. The van der Waals surface area contributed by atoms with Crippen LogP contribution in [0.4, 0.5) is 5.69 Å². The van der Waals surface area contributed by atoms with Crippen molar-refractivity contribution in [2.45, 2.75) is 6.92 Å². The highest BCUT2D eigenvalue weighted by atomic mass is 32.2. The van der Waals surface area contributed by atoms with Gasteiger partial charge in [0.25, 0.3) is 5.91 Å². The molecule has 1 amide bonds. The number of phenolic OH excluding ortho intramolecular Hbond substituents is 1. The van der Waals surface area contributed by atoms with Crippen LogP contribution in [0.5, 0.6) is 11.5 Å². The van der Waals surface area contributed by atoms with Gasteiger partial charge in [-0.25, -0.2) is 4.99 Å². The number of carbonyl (C=O) groups is 1. The topological polar surface area (TPSA) is 62.1 Å². The van der Waals surface area contributed by atoms with Gasteiger partial charge >= 0.3 is 0 Å². The van der Waals surface area contributed by atoms with Crippen molar-refractivity contribution in [1.82, 2.24) is 4.90 Å². The van der Waals surface area contributed by atoms with Crippen LogP contribution < -0.4 is 4.74 Å². The number of nitrogens with zero attached hydrogens (tertiary/aromatic N) is 2. The summed E-state index contributed by atoms with van der Waals surface area (Å²) in [5, 5.41) is 10.9. The second-order valence-electron chi connectivity index (χ2n) is 5.29. The summed E-state index contributed by atoms with van der Waals surface area (Å²) < 4.78 is 5.11. The van der Waals surface area contributed by atoms with E-state index in [4.69, 9.17) is 4.74 Å². The molecule has 2 aromatic carbocycles. The number of phenols is 1. The molecule has 3 rings (SSSR count). The lowest BCUT2D eigenvalue weighted by Gasteiger charge is -2.11. The molecule has 0 bridgehead atoms. The number of rotatable bonds is 4. The first-order chi connectivity index (χ1) is 12.1. The van der Waals surface area contributed by atoms with Gasteiger partial charge in [0, 0.05) is 12.1 Å². The molecule has 1 aliphatic heterocycles. The third-order valence-electron chi connectivity index (χ3n) is 3.72. The van der Waals surface area contributed by atoms with E-state index < -0.39 is 0 Å². The lowest BCUT2D eigenvalue weighted by Crippen LogP contribution is -2.28. The molecule has 0 saturated carbocycles. The standard InChI is InChI=1S/C19H18N2O3S/c1-3-21-18(23)16(12-13-8-7-11-15(24-2)17(13)22)25-19(21)20-14-9-5-4-6-10-14/h4-12,22H,3H2,1-2H3.